The maximum Gasteiger partial charge on any atom is 0.314 e. The second-order valence-corrected chi connectivity index (χ2v) is 14.1. The SMILES string of the molecule is CCCc1ccc(OC(=O)[C@H]2CC[C@H](C(=O)Oc3ccc(OC(=O)[C@H]4CC[C@H](C(=O)Oc5ccc(CCC)cc5)CC4)c4cnccc34)CC2)cc1. The molecular weight excluding hydrogens is 658 g/mol. The Labute approximate surface area is 305 Å². The van der Waals surface area contributed by atoms with Crippen LogP contribution < -0.4 is 18.9 Å². The Morgan fingerprint density at radius 2 is 0.865 bits per heavy atom. The molecule has 6 rings (SSSR count). The lowest BCUT2D eigenvalue weighted by molar-refractivity contribution is -0.145. The first-order chi connectivity index (χ1) is 25.3. The van der Waals surface area contributed by atoms with E-state index in [4.69, 9.17) is 18.9 Å². The van der Waals surface area contributed by atoms with Gasteiger partial charge in [-0.25, -0.2) is 0 Å². The lowest BCUT2D eigenvalue weighted by Crippen LogP contribution is -2.30. The van der Waals surface area contributed by atoms with Crippen LogP contribution in [0.15, 0.2) is 79.1 Å². The van der Waals surface area contributed by atoms with E-state index in [0.29, 0.717) is 85.1 Å². The summed E-state index contributed by atoms with van der Waals surface area (Å²) in [7, 11) is 0. The van der Waals surface area contributed by atoms with E-state index in [9.17, 15) is 19.2 Å². The van der Waals surface area contributed by atoms with Crippen LogP contribution in [-0.2, 0) is 32.0 Å². The first-order valence-corrected chi connectivity index (χ1v) is 18.7. The zero-order valence-corrected chi connectivity index (χ0v) is 30.0. The molecule has 272 valence electrons. The highest BCUT2D eigenvalue weighted by atomic mass is 16.5. The number of aromatic nitrogens is 1. The normalized spacial score (nSPS) is 20.1. The zero-order chi connectivity index (χ0) is 36.5. The van der Waals surface area contributed by atoms with Crippen molar-refractivity contribution in [3.05, 3.63) is 90.3 Å². The van der Waals surface area contributed by atoms with Crippen LogP contribution in [0.1, 0.15) is 89.2 Å². The summed E-state index contributed by atoms with van der Waals surface area (Å²) >= 11 is 0. The average Bonchev–Trinajstić information content (AvgIpc) is 3.17. The molecule has 0 saturated heterocycles. The van der Waals surface area contributed by atoms with Crippen LogP contribution in [0, 0.1) is 23.7 Å². The van der Waals surface area contributed by atoms with Gasteiger partial charge in [0.15, 0.2) is 0 Å². The Bertz CT molecular complexity index is 1720. The van der Waals surface area contributed by atoms with Gasteiger partial charge in [0.2, 0.25) is 0 Å². The molecule has 9 nitrogen and oxygen atoms in total. The molecule has 0 unspecified atom stereocenters. The molecule has 2 fully saturated rings. The van der Waals surface area contributed by atoms with E-state index in [1.54, 1.807) is 30.6 Å². The van der Waals surface area contributed by atoms with Gasteiger partial charge in [-0.3, -0.25) is 24.2 Å². The standard InChI is InChI=1S/C43H47NO8/c1-3-5-28-7-19-34(20-8-28)49-40(45)30-11-15-32(16-12-30)42(47)51-38-23-24-39(37-27-44-26-25-36(37)38)52-43(48)33-17-13-31(14-18-33)41(46)50-35-21-9-29(6-4-2)10-22-35/h7-10,19-27,30-33H,3-6,11-18H2,1-2H3/t30-,31-,32-,33-. The van der Waals surface area contributed by atoms with Crippen molar-refractivity contribution in [1.29, 1.82) is 0 Å². The van der Waals surface area contributed by atoms with Crippen LogP contribution in [0.3, 0.4) is 0 Å². The Balaban J connectivity index is 0.990. The van der Waals surface area contributed by atoms with Gasteiger partial charge >= 0.3 is 23.9 Å². The molecule has 9 heteroatoms. The lowest BCUT2D eigenvalue weighted by Gasteiger charge is -2.26. The van der Waals surface area contributed by atoms with Crippen molar-refractivity contribution in [2.24, 2.45) is 23.7 Å². The number of pyridine rings is 1. The van der Waals surface area contributed by atoms with Crippen molar-refractivity contribution in [2.75, 3.05) is 0 Å². The quantitative estimate of drug-likeness (QED) is 0.105. The minimum Gasteiger partial charge on any atom is -0.426 e. The van der Waals surface area contributed by atoms with Crippen molar-refractivity contribution in [2.45, 2.75) is 90.9 Å². The second kappa shape index (κ2) is 17.4. The summed E-state index contributed by atoms with van der Waals surface area (Å²) in [4.78, 5) is 56.4. The van der Waals surface area contributed by atoms with Crippen LogP contribution in [0.5, 0.6) is 23.0 Å². The topological polar surface area (TPSA) is 118 Å². The van der Waals surface area contributed by atoms with Gasteiger partial charge in [0.05, 0.1) is 23.7 Å². The highest BCUT2D eigenvalue weighted by molar-refractivity contribution is 5.95. The van der Waals surface area contributed by atoms with Crippen LogP contribution in [0.2, 0.25) is 0 Å². The van der Waals surface area contributed by atoms with Gasteiger partial charge in [-0.2, -0.15) is 0 Å². The Kier molecular flexibility index (Phi) is 12.3. The van der Waals surface area contributed by atoms with Gasteiger partial charge < -0.3 is 18.9 Å². The maximum absolute atomic E-state index is 13.3. The third-order valence-electron chi connectivity index (χ3n) is 10.3. The Morgan fingerprint density at radius 3 is 1.25 bits per heavy atom. The Hall–Kier alpha value is -5.05. The molecule has 3 aromatic carbocycles. The summed E-state index contributed by atoms with van der Waals surface area (Å²) in [5.41, 5.74) is 2.42. The minimum atomic E-state index is -0.364. The highest BCUT2D eigenvalue weighted by Crippen LogP contribution is 2.37. The molecule has 0 atom stereocenters. The summed E-state index contributed by atoms with van der Waals surface area (Å²) < 4.78 is 23.0. The van der Waals surface area contributed by atoms with Gasteiger partial charge in [0, 0.05) is 23.2 Å². The van der Waals surface area contributed by atoms with Gasteiger partial charge in [-0.1, -0.05) is 51.0 Å². The number of hydrogen-bond donors (Lipinski definition) is 0. The van der Waals surface area contributed by atoms with Crippen LogP contribution in [0.4, 0.5) is 0 Å². The number of carbonyl (C=O) groups excluding carboxylic acids is 4. The fraction of sp³-hybridized carbons (Fsp3) is 0.419. The fourth-order valence-electron chi connectivity index (χ4n) is 7.25. The summed E-state index contributed by atoms with van der Waals surface area (Å²) in [6.45, 7) is 4.25. The van der Waals surface area contributed by atoms with Crippen molar-refractivity contribution in [3.8, 4) is 23.0 Å². The number of benzene rings is 3. The molecule has 2 aliphatic carbocycles. The molecule has 0 amide bonds. The van der Waals surface area contributed by atoms with Crippen LogP contribution >= 0.6 is 0 Å². The number of aryl methyl sites for hydroxylation is 2. The van der Waals surface area contributed by atoms with E-state index in [2.05, 4.69) is 18.8 Å². The van der Waals surface area contributed by atoms with E-state index >= 15 is 0 Å². The predicted octanol–water partition coefficient (Wildman–Crippen LogP) is 8.77. The van der Waals surface area contributed by atoms with Gasteiger partial charge in [0.1, 0.15) is 23.0 Å². The highest BCUT2D eigenvalue weighted by Gasteiger charge is 2.34. The molecule has 0 N–H and O–H groups in total. The summed E-state index contributed by atoms with van der Waals surface area (Å²) in [6, 6.07) is 20.2. The molecule has 0 aliphatic heterocycles. The first-order valence-electron chi connectivity index (χ1n) is 18.7. The largest absolute Gasteiger partial charge is 0.426 e. The van der Waals surface area contributed by atoms with E-state index in [1.807, 2.05) is 48.5 Å². The molecule has 1 heterocycles. The van der Waals surface area contributed by atoms with Gasteiger partial charge in [-0.05, 0) is 118 Å². The number of rotatable bonds is 12. The van der Waals surface area contributed by atoms with Gasteiger partial charge in [-0.15, -0.1) is 0 Å². The van der Waals surface area contributed by atoms with Crippen molar-refractivity contribution in [3.63, 3.8) is 0 Å². The van der Waals surface area contributed by atoms with Crippen molar-refractivity contribution >= 4 is 34.6 Å². The minimum absolute atomic E-state index is 0.266. The van der Waals surface area contributed by atoms with Crippen LogP contribution in [-0.4, -0.2) is 28.9 Å². The number of nitrogens with zero attached hydrogens (tertiary/aromatic N) is 1. The van der Waals surface area contributed by atoms with Crippen LogP contribution in [0.25, 0.3) is 10.8 Å². The van der Waals surface area contributed by atoms with Crippen molar-refractivity contribution in [1.82, 2.24) is 4.98 Å². The summed E-state index contributed by atoms with van der Waals surface area (Å²) in [5, 5.41) is 1.16. The number of esters is 4. The third-order valence-corrected chi connectivity index (χ3v) is 10.3. The zero-order valence-electron chi connectivity index (χ0n) is 30.0. The van der Waals surface area contributed by atoms with E-state index in [1.165, 1.54) is 11.1 Å². The van der Waals surface area contributed by atoms with Gasteiger partial charge in [0.25, 0.3) is 0 Å². The molecule has 0 radical (unpaired) electrons. The second-order valence-electron chi connectivity index (χ2n) is 14.1. The monoisotopic (exact) mass is 705 g/mol. The van der Waals surface area contributed by atoms with Crippen molar-refractivity contribution < 1.29 is 38.1 Å². The maximum atomic E-state index is 13.3. The molecule has 52 heavy (non-hydrogen) atoms. The predicted molar refractivity (Wildman–Crippen MR) is 196 cm³/mol. The van der Waals surface area contributed by atoms with E-state index < -0.39 is 0 Å². The molecule has 0 bridgehead atoms. The molecule has 2 saturated carbocycles. The number of fused-ring (bicyclic) bond motifs is 1. The average molecular weight is 706 g/mol. The molecular formula is C43H47NO8. The lowest BCUT2D eigenvalue weighted by atomic mass is 9.82. The molecule has 1 aromatic heterocycles. The first kappa shape index (κ1) is 36.7. The number of hydrogen-bond acceptors (Lipinski definition) is 9. The van der Waals surface area contributed by atoms with E-state index in [0.717, 1.165) is 25.7 Å². The molecule has 0 spiro atoms. The summed E-state index contributed by atoms with van der Waals surface area (Å²) in [6.07, 6.45) is 11.5. The number of ether oxygens (including phenoxy) is 4. The van der Waals surface area contributed by atoms with E-state index in [-0.39, 0.29) is 47.5 Å². The summed E-state index contributed by atoms with van der Waals surface area (Å²) in [5.74, 6) is -0.712. The fourth-order valence-corrected chi connectivity index (χ4v) is 7.25. The number of carbonyl (C=O) groups is 4. The Morgan fingerprint density at radius 1 is 0.500 bits per heavy atom. The third kappa shape index (κ3) is 9.24. The molecule has 2 aliphatic rings. The molecule has 4 aromatic rings. The smallest absolute Gasteiger partial charge is 0.314 e.